The maximum atomic E-state index is 12.8. The van der Waals surface area contributed by atoms with Gasteiger partial charge in [-0.25, -0.2) is 4.68 Å². The van der Waals surface area contributed by atoms with Gasteiger partial charge in [-0.3, -0.25) is 4.79 Å². The van der Waals surface area contributed by atoms with Crippen LogP contribution in [0.4, 0.5) is 18.9 Å². The highest BCUT2D eigenvalue weighted by molar-refractivity contribution is 5.94. The zero-order valence-electron chi connectivity index (χ0n) is 12.4. The Kier molecular flexibility index (Phi) is 4.54. The van der Waals surface area contributed by atoms with E-state index in [1.165, 1.54) is 29.2 Å². The summed E-state index contributed by atoms with van der Waals surface area (Å²) in [6, 6.07) is 4.75. The van der Waals surface area contributed by atoms with E-state index < -0.39 is 23.8 Å². The second-order valence-corrected chi connectivity index (χ2v) is 5.15. The number of carbonyl (C=O) groups is 1. The number of hydrogen-bond acceptors (Lipinski definition) is 4. The van der Waals surface area contributed by atoms with Crippen molar-refractivity contribution in [3.8, 4) is 5.69 Å². The Labute approximate surface area is 135 Å². The van der Waals surface area contributed by atoms with Crippen molar-refractivity contribution in [2.75, 3.05) is 25.1 Å². The number of hydrogen-bond donors (Lipinski definition) is 1. The molecule has 1 atom stereocenters. The SMILES string of the molecule is O=C(Nc1cnn(-c2cccc(C(F)(F)F)c2)c1)[C@@H]1COCCO1. The van der Waals surface area contributed by atoms with Gasteiger partial charge in [0.2, 0.25) is 0 Å². The van der Waals surface area contributed by atoms with Crippen molar-refractivity contribution in [1.29, 1.82) is 0 Å². The van der Waals surface area contributed by atoms with Gasteiger partial charge in [0.15, 0.2) is 6.10 Å². The molecule has 128 valence electrons. The predicted molar refractivity (Wildman–Crippen MR) is 77.8 cm³/mol. The summed E-state index contributed by atoms with van der Waals surface area (Å²) in [4.78, 5) is 12.0. The van der Waals surface area contributed by atoms with E-state index in [-0.39, 0.29) is 12.3 Å². The number of amides is 1. The number of carbonyl (C=O) groups excluding carboxylic acids is 1. The lowest BCUT2D eigenvalue weighted by atomic mass is 10.2. The standard InChI is InChI=1S/C15H14F3N3O3/c16-15(17,18)10-2-1-3-12(6-10)21-8-11(7-19-21)20-14(22)13-9-23-4-5-24-13/h1-3,6-8,13H,4-5,9H2,(H,20,22)/t13-/m0/s1. The van der Waals surface area contributed by atoms with Crippen molar-refractivity contribution in [3.63, 3.8) is 0 Å². The molecule has 1 aliphatic rings. The van der Waals surface area contributed by atoms with Crippen molar-refractivity contribution >= 4 is 11.6 Å². The molecule has 1 amide bonds. The van der Waals surface area contributed by atoms with Crippen molar-refractivity contribution in [2.24, 2.45) is 0 Å². The summed E-state index contributed by atoms with van der Waals surface area (Å²) >= 11 is 0. The molecule has 0 aliphatic carbocycles. The molecule has 0 radical (unpaired) electrons. The van der Waals surface area contributed by atoms with E-state index in [1.807, 2.05) is 0 Å². The lowest BCUT2D eigenvalue weighted by Crippen LogP contribution is -2.38. The molecule has 6 nitrogen and oxygen atoms in total. The van der Waals surface area contributed by atoms with E-state index in [0.717, 1.165) is 12.1 Å². The molecular weight excluding hydrogens is 327 g/mol. The van der Waals surface area contributed by atoms with Crippen LogP contribution in [0.5, 0.6) is 0 Å². The molecule has 1 aromatic carbocycles. The Hall–Kier alpha value is -2.39. The Balaban J connectivity index is 1.72. The lowest BCUT2D eigenvalue weighted by molar-refractivity contribution is -0.142. The van der Waals surface area contributed by atoms with Crippen LogP contribution in [0.2, 0.25) is 0 Å². The third kappa shape index (κ3) is 3.74. The molecule has 3 rings (SSSR count). The Morgan fingerprint density at radius 2 is 2.17 bits per heavy atom. The monoisotopic (exact) mass is 341 g/mol. The van der Waals surface area contributed by atoms with Crippen LogP contribution in [-0.4, -0.2) is 41.6 Å². The largest absolute Gasteiger partial charge is 0.416 e. The molecule has 1 fully saturated rings. The van der Waals surface area contributed by atoms with E-state index in [1.54, 1.807) is 0 Å². The molecule has 2 aromatic rings. The lowest BCUT2D eigenvalue weighted by Gasteiger charge is -2.21. The highest BCUT2D eigenvalue weighted by atomic mass is 19.4. The first-order chi connectivity index (χ1) is 11.4. The molecule has 1 aliphatic heterocycles. The molecule has 0 bridgehead atoms. The highest BCUT2D eigenvalue weighted by Crippen LogP contribution is 2.30. The molecule has 1 saturated heterocycles. The second-order valence-electron chi connectivity index (χ2n) is 5.15. The minimum Gasteiger partial charge on any atom is -0.376 e. The van der Waals surface area contributed by atoms with Gasteiger partial charge in [-0.1, -0.05) is 6.07 Å². The summed E-state index contributed by atoms with van der Waals surface area (Å²) < 4.78 is 49.9. The fraction of sp³-hybridized carbons (Fsp3) is 0.333. The van der Waals surface area contributed by atoms with Crippen LogP contribution < -0.4 is 5.32 Å². The minimum absolute atomic E-state index is 0.160. The van der Waals surface area contributed by atoms with E-state index >= 15 is 0 Å². The maximum Gasteiger partial charge on any atom is 0.416 e. The van der Waals surface area contributed by atoms with Crippen LogP contribution in [0.3, 0.4) is 0 Å². The zero-order valence-corrected chi connectivity index (χ0v) is 12.4. The second kappa shape index (κ2) is 6.62. The van der Waals surface area contributed by atoms with E-state index in [0.29, 0.717) is 18.9 Å². The average molecular weight is 341 g/mol. The summed E-state index contributed by atoms with van der Waals surface area (Å²) in [5.74, 6) is -0.390. The van der Waals surface area contributed by atoms with Crippen LogP contribution in [0, 0.1) is 0 Å². The molecule has 0 spiro atoms. The van der Waals surface area contributed by atoms with Crippen LogP contribution >= 0.6 is 0 Å². The number of alkyl halides is 3. The number of halogens is 3. The predicted octanol–water partition coefficient (Wildman–Crippen LogP) is 2.25. The van der Waals surface area contributed by atoms with Gasteiger partial charge >= 0.3 is 6.18 Å². The fourth-order valence-corrected chi connectivity index (χ4v) is 2.22. The summed E-state index contributed by atoms with van der Waals surface area (Å²) in [6.07, 6.45) is -2.37. The van der Waals surface area contributed by atoms with E-state index in [9.17, 15) is 18.0 Å². The highest BCUT2D eigenvalue weighted by Gasteiger charge is 2.30. The first-order valence-electron chi connectivity index (χ1n) is 7.16. The summed E-state index contributed by atoms with van der Waals surface area (Å²) in [6.45, 7) is 0.937. The van der Waals surface area contributed by atoms with Gasteiger partial charge in [0.05, 0.1) is 49.2 Å². The number of benzene rings is 1. The molecule has 2 heterocycles. The first-order valence-corrected chi connectivity index (χ1v) is 7.16. The first kappa shape index (κ1) is 16.5. The van der Waals surface area contributed by atoms with E-state index in [2.05, 4.69) is 10.4 Å². The van der Waals surface area contributed by atoms with Crippen LogP contribution in [-0.2, 0) is 20.4 Å². The number of anilines is 1. The van der Waals surface area contributed by atoms with Crippen molar-refractivity contribution in [3.05, 3.63) is 42.2 Å². The average Bonchev–Trinajstić information content (AvgIpc) is 3.03. The summed E-state index contributed by atoms with van der Waals surface area (Å²) in [5.41, 5.74) is -0.178. The van der Waals surface area contributed by atoms with Gasteiger partial charge in [-0.2, -0.15) is 18.3 Å². The van der Waals surface area contributed by atoms with Gasteiger partial charge in [0.1, 0.15) is 0 Å². The van der Waals surface area contributed by atoms with Gasteiger partial charge in [0.25, 0.3) is 5.91 Å². The number of nitrogens with zero attached hydrogens (tertiary/aromatic N) is 2. The third-order valence-electron chi connectivity index (χ3n) is 3.40. The number of rotatable bonds is 3. The van der Waals surface area contributed by atoms with Crippen LogP contribution in [0.1, 0.15) is 5.56 Å². The summed E-state index contributed by atoms with van der Waals surface area (Å²) in [7, 11) is 0. The van der Waals surface area contributed by atoms with Gasteiger partial charge in [-0.05, 0) is 18.2 Å². The molecule has 24 heavy (non-hydrogen) atoms. The fourth-order valence-electron chi connectivity index (χ4n) is 2.22. The molecule has 0 saturated carbocycles. The van der Waals surface area contributed by atoms with Crippen LogP contribution in [0.25, 0.3) is 5.69 Å². The number of nitrogens with one attached hydrogen (secondary N) is 1. The zero-order chi connectivity index (χ0) is 17.2. The van der Waals surface area contributed by atoms with Crippen molar-refractivity contribution in [2.45, 2.75) is 12.3 Å². The third-order valence-corrected chi connectivity index (χ3v) is 3.40. The Morgan fingerprint density at radius 3 is 2.88 bits per heavy atom. The van der Waals surface area contributed by atoms with E-state index in [4.69, 9.17) is 9.47 Å². The normalized spacial score (nSPS) is 18.4. The summed E-state index contributed by atoms with van der Waals surface area (Å²) in [5, 5.41) is 6.57. The maximum absolute atomic E-state index is 12.8. The van der Waals surface area contributed by atoms with Crippen LogP contribution in [0.15, 0.2) is 36.7 Å². The molecular formula is C15H14F3N3O3. The Morgan fingerprint density at radius 1 is 1.33 bits per heavy atom. The molecule has 1 aromatic heterocycles. The smallest absolute Gasteiger partial charge is 0.376 e. The molecule has 9 heteroatoms. The minimum atomic E-state index is -4.43. The van der Waals surface area contributed by atoms with Gasteiger partial charge in [0, 0.05) is 0 Å². The van der Waals surface area contributed by atoms with Crippen molar-refractivity contribution in [1.82, 2.24) is 9.78 Å². The molecule has 1 N–H and O–H groups in total. The number of aromatic nitrogens is 2. The Bertz CT molecular complexity index is 724. The van der Waals surface area contributed by atoms with Gasteiger partial charge < -0.3 is 14.8 Å². The molecule has 0 unspecified atom stereocenters. The quantitative estimate of drug-likeness (QED) is 0.930. The van der Waals surface area contributed by atoms with Crippen molar-refractivity contribution < 1.29 is 27.4 Å². The van der Waals surface area contributed by atoms with Gasteiger partial charge in [-0.15, -0.1) is 0 Å². The topological polar surface area (TPSA) is 65.4 Å². The number of ether oxygens (including phenoxy) is 2.